The second-order valence-electron chi connectivity index (χ2n) is 2.96. The molecule has 0 atom stereocenters. The molecule has 74 valence electrons. The Balaban J connectivity index is 2.43. The third-order valence-electron chi connectivity index (χ3n) is 1.97. The fourth-order valence-electron chi connectivity index (χ4n) is 1.42. The summed E-state index contributed by atoms with van der Waals surface area (Å²) in [6.07, 6.45) is 0.483. The second kappa shape index (κ2) is 3.30. The minimum atomic E-state index is 0.0572. The van der Waals surface area contributed by atoms with Crippen LogP contribution in [-0.4, -0.2) is 45.1 Å². The molecule has 1 N–H and O–H groups in total. The number of aliphatic hydroxyl groups excluding tert-OH is 1. The summed E-state index contributed by atoms with van der Waals surface area (Å²) in [6, 6.07) is 0. The Bertz CT molecular complexity index is 417. The third-order valence-corrected chi connectivity index (χ3v) is 1.97. The molecule has 0 aliphatic carbocycles. The SMILES string of the molecule is CN=C1C(CCO)=Nn2nc(C)nc21. The zero-order valence-corrected chi connectivity index (χ0v) is 8.10. The molecule has 0 bridgehead atoms. The van der Waals surface area contributed by atoms with Gasteiger partial charge in [0, 0.05) is 20.1 Å². The number of rotatable bonds is 2. The fourth-order valence-corrected chi connectivity index (χ4v) is 1.42. The third kappa shape index (κ3) is 1.24. The Labute approximate surface area is 81.0 Å². The fraction of sp³-hybridized carbons (Fsp3) is 0.500. The van der Waals surface area contributed by atoms with Crippen molar-refractivity contribution in [2.75, 3.05) is 13.7 Å². The molecule has 14 heavy (non-hydrogen) atoms. The molecule has 2 rings (SSSR count). The molecule has 1 aromatic heterocycles. The topological polar surface area (TPSA) is 75.7 Å². The summed E-state index contributed by atoms with van der Waals surface area (Å²) < 4.78 is 0. The molecule has 1 aromatic rings. The lowest BCUT2D eigenvalue weighted by Gasteiger charge is -1.96. The average Bonchev–Trinajstić information content (AvgIpc) is 2.61. The summed E-state index contributed by atoms with van der Waals surface area (Å²) in [4.78, 5) is 9.76. The van der Waals surface area contributed by atoms with Gasteiger partial charge in [-0.2, -0.15) is 5.10 Å². The summed E-state index contributed by atoms with van der Waals surface area (Å²) in [5.41, 5.74) is 1.46. The van der Waals surface area contributed by atoms with E-state index in [1.165, 1.54) is 4.79 Å². The Hall–Kier alpha value is -1.56. The van der Waals surface area contributed by atoms with Crippen molar-refractivity contribution in [2.45, 2.75) is 13.3 Å². The Morgan fingerprint density at radius 1 is 1.50 bits per heavy atom. The molecule has 2 heterocycles. The van der Waals surface area contributed by atoms with Gasteiger partial charge in [-0.25, -0.2) is 4.98 Å². The number of fused-ring (bicyclic) bond motifs is 1. The number of aliphatic imine (C=N–C) groups is 1. The summed E-state index contributed by atoms with van der Waals surface area (Å²) in [5.74, 6) is 1.33. The first-order valence-electron chi connectivity index (χ1n) is 4.36. The molecule has 6 heteroatoms. The lowest BCUT2D eigenvalue weighted by molar-refractivity contribution is 0.307. The molecule has 0 amide bonds. The maximum absolute atomic E-state index is 8.83. The standard InChI is InChI=1S/C8H11N5O/c1-5-10-8-7(9-2)6(3-4-14)12-13(8)11-5/h14H,3-4H2,1-2H3. The molecule has 0 aromatic carbocycles. The van der Waals surface area contributed by atoms with E-state index in [4.69, 9.17) is 5.11 Å². The summed E-state index contributed by atoms with van der Waals surface area (Å²) in [5, 5.41) is 17.1. The lowest BCUT2D eigenvalue weighted by atomic mass is 10.2. The van der Waals surface area contributed by atoms with Crippen molar-refractivity contribution >= 4 is 11.4 Å². The van der Waals surface area contributed by atoms with Gasteiger partial charge in [0.05, 0.1) is 5.71 Å². The van der Waals surface area contributed by atoms with E-state index in [1.807, 2.05) is 0 Å². The van der Waals surface area contributed by atoms with Crippen molar-refractivity contribution in [1.29, 1.82) is 0 Å². The predicted molar refractivity (Wildman–Crippen MR) is 51.8 cm³/mol. The van der Waals surface area contributed by atoms with E-state index in [-0.39, 0.29) is 6.61 Å². The molecular weight excluding hydrogens is 182 g/mol. The highest BCUT2D eigenvalue weighted by atomic mass is 16.3. The number of aliphatic hydroxyl groups is 1. The van der Waals surface area contributed by atoms with Crippen LogP contribution < -0.4 is 0 Å². The highest BCUT2D eigenvalue weighted by molar-refractivity contribution is 6.48. The number of nitrogens with zero attached hydrogens (tertiary/aromatic N) is 5. The van der Waals surface area contributed by atoms with Crippen LogP contribution in [0.15, 0.2) is 10.1 Å². The normalized spacial score (nSPS) is 17.4. The van der Waals surface area contributed by atoms with Gasteiger partial charge in [-0.1, -0.05) is 0 Å². The Morgan fingerprint density at radius 2 is 2.29 bits per heavy atom. The first-order valence-corrected chi connectivity index (χ1v) is 4.36. The minimum absolute atomic E-state index is 0.0572. The average molecular weight is 193 g/mol. The summed E-state index contributed by atoms with van der Waals surface area (Å²) in [7, 11) is 1.68. The largest absolute Gasteiger partial charge is 0.396 e. The van der Waals surface area contributed by atoms with Gasteiger partial charge < -0.3 is 5.11 Å². The van der Waals surface area contributed by atoms with E-state index in [2.05, 4.69) is 20.2 Å². The lowest BCUT2D eigenvalue weighted by Crippen LogP contribution is -2.13. The van der Waals surface area contributed by atoms with E-state index < -0.39 is 0 Å². The van der Waals surface area contributed by atoms with Gasteiger partial charge in [-0.05, 0) is 6.92 Å². The molecule has 0 unspecified atom stereocenters. The predicted octanol–water partition coefficient (Wildman–Crippen LogP) is -0.394. The number of aromatic nitrogens is 3. The van der Waals surface area contributed by atoms with Crippen LogP contribution in [0.3, 0.4) is 0 Å². The zero-order valence-electron chi connectivity index (χ0n) is 8.10. The van der Waals surface area contributed by atoms with Crippen LogP contribution in [0.1, 0.15) is 18.1 Å². The molecule has 0 saturated carbocycles. The van der Waals surface area contributed by atoms with Crippen LogP contribution >= 0.6 is 0 Å². The van der Waals surface area contributed by atoms with E-state index in [0.717, 1.165) is 11.4 Å². The van der Waals surface area contributed by atoms with Crippen molar-refractivity contribution < 1.29 is 5.11 Å². The molecule has 0 radical (unpaired) electrons. The highest BCUT2D eigenvalue weighted by Crippen LogP contribution is 2.11. The van der Waals surface area contributed by atoms with Crippen LogP contribution in [0.5, 0.6) is 0 Å². The molecule has 0 fully saturated rings. The maximum Gasteiger partial charge on any atom is 0.203 e. The van der Waals surface area contributed by atoms with Gasteiger partial charge >= 0.3 is 0 Å². The van der Waals surface area contributed by atoms with Gasteiger partial charge in [0.25, 0.3) is 0 Å². The molecule has 0 saturated heterocycles. The number of hydrogen-bond acceptors (Lipinski definition) is 5. The van der Waals surface area contributed by atoms with Crippen LogP contribution in [-0.2, 0) is 0 Å². The Morgan fingerprint density at radius 3 is 2.93 bits per heavy atom. The van der Waals surface area contributed by atoms with E-state index in [9.17, 15) is 0 Å². The van der Waals surface area contributed by atoms with E-state index in [0.29, 0.717) is 18.1 Å². The van der Waals surface area contributed by atoms with Crippen molar-refractivity contribution in [1.82, 2.24) is 14.9 Å². The van der Waals surface area contributed by atoms with E-state index >= 15 is 0 Å². The van der Waals surface area contributed by atoms with Crippen LogP contribution in [0.25, 0.3) is 0 Å². The highest BCUT2D eigenvalue weighted by Gasteiger charge is 2.24. The van der Waals surface area contributed by atoms with Crippen molar-refractivity contribution in [3.05, 3.63) is 11.6 Å². The van der Waals surface area contributed by atoms with E-state index in [1.54, 1.807) is 14.0 Å². The molecule has 6 nitrogen and oxygen atoms in total. The van der Waals surface area contributed by atoms with Gasteiger partial charge in [0.15, 0.2) is 5.82 Å². The zero-order chi connectivity index (χ0) is 10.1. The maximum atomic E-state index is 8.83. The second-order valence-corrected chi connectivity index (χ2v) is 2.96. The van der Waals surface area contributed by atoms with Gasteiger partial charge in [-0.3, -0.25) is 4.99 Å². The number of aryl methyl sites for hydroxylation is 1. The molecule has 1 aliphatic rings. The molecule has 1 aliphatic heterocycles. The summed E-state index contributed by atoms with van der Waals surface area (Å²) in [6.45, 7) is 1.86. The van der Waals surface area contributed by atoms with Crippen LogP contribution in [0.2, 0.25) is 0 Å². The van der Waals surface area contributed by atoms with Gasteiger partial charge in [0.2, 0.25) is 5.82 Å². The van der Waals surface area contributed by atoms with Gasteiger partial charge in [0.1, 0.15) is 5.71 Å². The van der Waals surface area contributed by atoms with Crippen molar-refractivity contribution in [3.63, 3.8) is 0 Å². The molecule has 0 spiro atoms. The molecular formula is C8H11N5O. The monoisotopic (exact) mass is 193 g/mol. The summed E-state index contributed by atoms with van der Waals surface area (Å²) >= 11 is 0. The quantitative estimate of drug-likeness (QED) is 0.694. The first-order chi connectivity index (χ1) is 6.76. The first kappa shape index (κ1) is 9.01. The smallest absolute Gasteiger partial charge is 0.203 e. The van der Waals surface area contributed by atoms with Gasteiger partial charge in [-0.15, -0.1) is 9.89 Å². The van der Waals surface area contributed by atoms with Crippen molar-refractivity contribution in [2.24, 2.45) is 10.1 Å². The van der Waals surface area contributed by atoms with Crippen LogP contribution in [0.4, 0.5) is 0 Å². The van der Waals surface area contributed by atoms with Crippen LogP contribution in [0, 0.1) is 6.92 Å². The minimum Gasteiger partial charge on any atom is -0.396 e. The number of hydrogen-bond donors (Lipinski definition) is 1. The van der Waals surface area contributed by atoms with Crippen molar-refractivity contribution in [3.8, 4) is 0 Å². The Kier molecular flexibility index (Phi) is 2.12.